The molecule has 4 rings (SSSR count). The third-order valence-electron chi connectivity index (χ3n) is 5.41. The molecule has 1 saturated carbocycles. The summed E-state index contributed by atoms with van der Waals surface area (Å²) in [5, 5.41) is 12.6. The van der Waals surface area contributed by atoms with Gasteiger partial charge in [0.25, 0.3) is 0 Å². The highest BCUT2D eigenvalue weighted by atomic mass is 79.9. The van der Waals surface area contributed by atoms with Crippen LogP contribution in [0.3, 0.4) is 0 Å². The Hall–Kier alpha value is -2.67. The Bertz CT molecular complexity index is 1250. The number of aromatic nitrogens is 4. The summed E-state index contributed by atoms with van der Waals surface area (Å²) in [6.07, 6.45) is 6.86. The lowest BCUT2D eigenvalue weighted by molar-refractivity contribution is 0.103. The molecule has 1 aromatic carbocycles. The second-order valence-corrected chi connectivity index (χ2v) is 10.1. The van der Waals surface area contributed by atoms with Gasteiger partial charge in [-0.25, -0.2) is 15.1 Å². The Morgan fingerprint density at radius 1 is 1.30 bits per heavy atom. The third-order valence-corrected chi connectivity index (χ3v) is 6.37. The van der Waals surface area contributed by atoms with Crippen LogP contribution < -0.4 is 10.5 Å². The van der Waals surface area contributed by atoms with Gasteiger partial charge in [-0.1, -0.05) is 28.1 Å². The molecule has 0 amide bonds. The van der Waals surface area contributed by atoms with Crippen LogP contribution in [0.15, 0.2) is 53.5 Å². The Kier molecular flexibility index (Phi) is 7.17. The number of halogens is 1. The van der Waals surface area contributed by atoms with E-state index in [2.05, 4.69) is 36.3 Å². The standard InChI is InChI=1S/C21H23BrN6O4S/c22-16-3-1-2-14(8-16)11-28-7-6-19(27-28)20(29)18-10-24-13-25-21(18)26-17-5-4-15(9-17)12-32-33(23,30)31/h1-3,6-8,10,13,15,17H,4-5,9,11-12H2,(H2,23,30,31)(H,24,25,26)/t15-,17-/m0/s1. The van der Waals surface area contributed by atoms with Gasteiger partial charge in [0.2, 0.25) is 5.78 Å². The Morgan fingerprint density at radius 3 is 2.94 bits per heavy atom. The minimum atomic E-state index is -3.95. The fraction of sp³-hybridized carbons (Fsp3) is 0.333. The molecule has 0 saturated heterocycles. The van der Waals surface area contributed by atoms with Crippen molar-refractivity contribution in [1.82, 2.24) is 19.7 Å². The molecule has 12 heteroatoms. The maximum Gasteiger partial charge on any atom is 0.333 e. The summed E-state index contributed by atoms with van der Waals surface area (Å²) in [7, 11) is -3.95. The van der Waals surface area contributed by atoms with Gasteiger partial charge in [-0.2, -0.15) is 13.5 Å². The maximum atomic E-state index is 13.1. The lowest BCUT2D eigenvalue weighted by atomic mass is 10.1. The molecular weight excluding hydrogens is 512 g/mol. The fourth-order valence-electron chi connectivity index (χ4n) is 3.88. The number of ketones is 1. The van der Waals surface area contributed by atoms with Gasteiger partial charge in [-0.15, -0.1) is 0 Å². The normalized spacial score (nSPS) is 18.4. The smallest absolute Gasteiger partial charge is 0.333 e. The van der Waals surface area contributed by atoms with Gasteiger partial charge in [-0.05, 0) is 48.9 Å². The first-order valence-corrected chi connectivity index (χ1v) is 12.6. The Labute approximate surface area is 200 Å². The first-order chi connectivity index (χ1) is 15.8. The number of hydrogen-bond donors (Lipinski definition) is 2. The zero-order valence-electron chi connectivity index (χ0n) is 17.6. The highest BCUT2D eigenvalue weighted by Gasteiger charge is 2.28. The van der Waals surface area contributed by atoms with Crippen LogP contribution in [-0.2, 0) is 21.0 Å². The van der Waals surface area contributed by atoms with E-state index in [0.717, 1.165) is 22.9 Å². The van der Waals surface area contributed by atoms with Crippen LogP contribution in [0.4, 0.5) is 5.82 Å². The largest absolute Gasteiger partial charge is 0.367 e. The number of hydrogen-bond acceptors (Lipinski definition) is 8. The van der Waals surface area contributed by atoms with E-state index in [9.17, 15) is 13.2 Å². The molecule has 3 aromatic rings. The van der Waals surface area contributed by atoms with E-state index in [0.29, 0.717) is 30.0 Å². The number of nitrogens with two attached hydrogens (primary N) is 1. The number of benzene rings is 1. The summed E-state index contributed by atoms with van der Waals surface area (Å²) in [6, 6.07) is 9.58. The second kappa shape index (κ2) is 10.1. The number of rotatable bonds is 9. The lowest BCUT2D eigenvalue weighted by Gasteiger charge is -2.15. The quantitative estimate of drug-likeness (QED) is 0.398. The molecule has 0 unspecified atom stereocenters. The van der Waals surface area contributed by atoms with Crippen molar-refractivity contribution in [2.24, 2.45) is 11.1 Å². The lowest BCUT2D eigenvalue weighted by Crippen LogP contribution is -2.22. The summed E-state index contributed by atoms with van der Waals surface area (Å²) in [4.78, 5) is 21.4. The number of nitrogens with zero attached hydrogens (tertiary/aromatic N) is 4. The molecule has 3 N–H and O–H groups in total. The van der Waals surface area contributed by atoms with Crippen molar-refractivity contribution < 1.29 is 17.4 Å². The zero-order chi connectivity index (χ0) is 23.4. The molecule has 0 aliphatic heterocycles. The molecule has 2 atom stereocenters. The van der Waals surface area contributed by atoms with Crippen LogP contribution in [0, 0.1) is 5.92 Å². The topological polar surface area (TPSA) is 142 Å². The van der Waals surface area contributed by atoms with Gasteiger partial charge in [0.15, 0.2) is 0 Å². The minimum Gasteiger partial charge on any atom is -0.367 e. The van der Waals surface area contributed by atoms with E-state index in [-0.39, 0.29) is 24.3 Å². The molecule has 1 fully saturated rings. The van der Waals surface area contributed by atoms with Crippen LogP contribution in [-0.4, -0.2) is 46.6 Å². The van der Waals surface area contributed by atoms with E-state index in [1.54, 1.807) is 16.9 Å². The van der Waals surface area contributed by atoms with Crippen LogP contribution >= 0.6 is 15.9 Å². The van der Waals surface area contributed by atoms with Crippen molar-refractivity contribution in [3.8, 4) is 0 Å². The molecular formula is C21H23BrN6O4S. The molecule has 33 heavy (non-hydrogen) atoms. The summed E-state index contributed by atoms with van der Waals surface area (Å²) in [6.45, 7) is 0.579. The third kappa shape index (κ3) is 6.44. The van der Waals surface area contributed by atoms with Crippen LogP contribution in [0.2, 0.25) is 0 Å². The first kappa shape index (κ1) is 23.5. The average molecular weight is 535 g/mol. The molecule has 10 nitrogen and oxygen atoms in total. The number of carbonyl (C=O) groups is 1. The van der Waals surface area contributed by atoms with Crippen LogP contribution in [0.5, 0.6) is 0 Å². The van der Waals surface area contributed by atoms with E-state index >= 15 is 0 Å². The van der Waals surface area contributed by atoms with Crippen molar-refractivity contribution in [2.75, 3.05) is 11.9 Å². The van der Waals surface area contributed by atoms with Gasteiger partial charge < -0.3 is 5.32 Å². The molecule has 0 radical (unpaired) electrons. The summed E-state index contributed by atoms with van der Waals surface area (Å²) < 4.78 is 29.4. The zero-order valence-corrected chi connectivity index (χ0v) is 20.0. The monoisotopic (exact) mass is 534 g/mol. The number of nitrogens with one attached hydrogen (secondary N) is 1. The first-order valence-electron chi connectivity index (χ1n) is 10.3. The number of carbonyl (C=O) groups excluding carboxylic acids is 1. The van der Waals surface area contributed by atoms with Crippen molar-refractivity contribution in [3.63, 3.8) is 0 Å². The molecule has 0 bridgehead atoms. The minimum absolute atomic E-state index is 0.0228. The molecule has 1 aliphatic rings. The second-order valence-electron chi connectivity index (χ2n) is 7.94. The van der Waals surface area contributed by atoms with Crippen LogP contribution in [0.1, 0.15) is 40.9 Å². The molecule has 174 valence electrons. The van der Waals surface area contributed by atoms with E-state index in [4.69, 9.17) is 9.32 Å². The summed E-state index contributed by atoms with van der Waals surface area (Å²) >= 11 is 3.46. The molecule has 1 aliphatic carbocycles. The Balaban J connectivity index is 1.42. The van der Waals surface area contributed by atoms with Gasteiger partial charge in [0.1, 0.15) is 17.8 Å². The van der Waals surface area contributed by atoms with Gasteiger partial charge >= 0.3 is 10.3 Å². The average Bonchev–Trinajstić information content (AvgIpc) is 3.41. The molecule has 2 heterocycles. The van der Waals surface area contributed by atoms with Gasteiger partial charge in [0.05, 0.1) is 18.7 Å². The van der Waals surface area contributed by atoms with Crippen molar-refractivity contribution in [3.05, 3.63) is 70.3 Å². The number of anilines is 1. The molecule has 2 aromatic heterocycles. The van der Waals surface area contributed by atoms with Crippen molar-refractivity contribution in [2.45, 2.75) is 31.8 Å². The van der Waals surface area contributed by atoms with E-state index < -0.39 is 10.3 Å². The molecule has 0 spiro atoms. The summed E-state index contributed by atoms with van der Waals surface area (Å²) in [5.74, 6) is 0.197. The van der Waals surface area contributed by atoms with Crippen molar-refractivity contribution in [1.29, 1.82) is 0 Å². The fourth-order valence-corrected chi connectivity index (χ4v) is 4.71. The van der Waals surface area contributed by atoms with Crippen LogP contribution in [0.25, 0.3) is 0 Å². The van der Waals surface area contributed by atoms with Crippen molar-refractivity contribution >= 4 is 37.8 Å². The predicted octanol–water partition coefficient (Wildman–Crippen LogP) is 2.52. The van der Waals surface area contributed by atoms with E-state index in [1.807, 2.05) is 24.3 Å². The summed E-state index contributed by atoms with van der Waals surface area (Å²) in [5.41, 5.74) is 1.68. The predicted molar refractivity (Wildman–Crippen MR) is 125 cm³/mol. The van der Waals surface area contributed by atoms with Gasteiger partial charge in [-0.3, -0.25) is 13.7 Å². The SMILES string of the molecule is NS(=O)(=O)OC[C@H]1CC[C@H](Nc2ncncc2C(=O)c2ccn(Cc3cccc(Br)c3)n2)C1. The highest BCUT2D eigenvalue weighted by molar-refractivity contribution is 9.10. The maximum absolute atomic E-state index is 13.1. The highest BCUT2D eigenvalue weighted by Crippen LogP contribution is 2.29. The van der Waals surface area contributed by atoms with Gasteiger partial charge in [0, 0.05) is 22.9 Å². The Morgan fingerprint density at radius 2 is 2.15 bits per heavy atom. The van der Waals surface area contributed by atoms with E-state index in [1.165, 1.54) is 12.5 Å².